The summed E-state index contributed by atoms with van der Waals surface area (Å²) in [6.45, 7) is 16.5. The second-order valence-corrected chi connectivity index (χ2v) is 14.7. The third-order valence-electron chi connectivity index (χ3n) is 11.0. The topological polar surface area (TPSA) is 101 Å². The predicted octanol–water partition coefficient (Wildman–Crippen LogP) is 4.77. The van der Waals surface area contributed by atoms with Crippen LogP contribution in [0.3, 0.4) is 0 Å². The first-order valence-corrected chi connectivity index (χ1v) is 17.4. The van der Waals surface area contributed by atoms with Gasteiger partial charge in [-0.15, -0.1) is 0 Å². The minimum absolute atomic E-state index is 0.0646. The quantitative estimate of drug-likeness (QED) is 0.327. The van der Waals surface area contributed by atoms with E-state index in [0.29, 0.717) is 26.4 Å². The first-order valence-electron chi connectivity index (χ1n) is 17.0. The maximum Gasteiger partial charge on any atom is 0.246 e. The van der Waals surface area contributed by atoms with Gasteiger partial charge in [-0.2, -0.15) is 10.2 Å². The zero-order valence-corrected chi connectivity index (χ0v) is 29.1. The molecule has 254 valence electrons. The minimum atomic E-state index is -0.147. The highest BCUT2D eigenvalue weighted by Crippen LogP contribution is 2.56. The molecule has 1 saturated carbocycles. The van der Waals surface area contributed by atoms with Crippen LogP contribution < -0.4 is 4.90 Å². The van der Waals surface area contributed by atoms with Crippen molar-refractivity contribution in [3.05, 3.63) is 40.7 Å². The number of amides is 1. The zero-order valence-electron chi connectivity index (χ0n) is 28.4. The summed E-state index contributed by atoms with van der Waals surface area (Å²) in [5, 5.41) is 14.8. The SMILES string of the molecule is CC[C@@]1(C)CN(C[C@@H]2COCCO2)CCN1c1nn(C2CC3(C2)CN(C(=O)/C=C/COC)C3)c(C)c1-c1c(Cl)c(C)cc2[nH]ncc12. The number of benzene rings is 1. The van der Waals surface area contributed by atoms with E-state index in [-0.39, 0.29) is 29.0 Å². The van der Waals surface area contributed by atoms with Gasteiger partial charge in [0.15, 0.2) is 5.82 Å². The molecule has 11 nitrogen and oxygen atoms in total. The number of H-pyrrole nitrogens is 1. The van der Waals surface area contributed by atoms with Gasteiger partial charge in [0, 0.05) is 80.1 Å². The molecule has 1 aliphatic carbocycles. The number of piperazine rings is 1. The molecular weight excluding hydrogens is 618 g/mol. The maximum atomic E-state index is 12.6. The van der Waals surface area contributed by atoms with E-state index in [1.807, 2.05) is 11.1 Å². The number of fused-ring (bicyclic) bond motifs is 1. The Morgan fingerprint density at radius 2 is 2.00 bits per heavy atom. The van der Waals surface area contributed by atoms with Gasteiger partial charge in [0.1, 0.15) is 0 Å². The number of anilines is 1. The molecule has 0 bridgehead atoms. The normalized spacial score (nSPS) is 25.2. The second-order valence-electron chi connectivity index (χ2n) is 14.4. The highest BCUT2D eigenvalue weighted by molar-refractivity contribution is 6.36. The average molecular weight is 666 g/mol. The third-order valence-corrected chi connectivity index (χ3v) is 11.5. The zero-order chi connectivity index (χ0) is 32.9. The molecule has 0 radical (unpaired) electrons. The van der Waals surface area contributed by atoms with E-state index in [1.165, 1.54) is 0 Å². The molecule has 3 aromatic rings. The van der Waals surface area contributed by atoms with Crippen LogP contribution in [-0.4, -0.2) is 120 Å². The van der Waals surface area contributed by atoms with Crippen LogP contribution in [0.2, 0.25) is 5.02 Å². The molecule has 1 amide bonds. The van der Waals surface area contributed by atoms with Crippen molar-refractivity contribution in [1.82, 2.24) is 29.8 Å². The number of rotatable bonds is 9. The molecule has 0 unspecified atom stereocenters. The van der Waals surface area contributed by atoms with Crippen molar-refractivity contribution in [2.75, 3.05) is 77.7 Å². The first kappa shape index (κ1) is 32.6. The fourth-order valence-electron chi connectivity index (χ4n) is 8.33. The van der Waals surface area contributed by atoms with Crippen LogP contribution in [-0.2, 0) is 19.0 Å². The van der Waals surface area contributed by atoms with E-state index < -0.39 is 0 Å². The van der Waals surface area contributed by atoms with Gasteiger partial charge in [-0.05, 0) is 51.7 Å². The number of carbonyl (C=O) groups excluding carboxylic acids is 1. The molecule has 12 heteroatoms. The standard InChI is InChI=1S/C35H48ClN7O4/c1-6-34(4)20-40(18-26-19-46-12-13-47-26)9-10-42(34)33-30(31-27-17-37-38-28(27)14-23(2)32(31)36)24(3)43(39-33)25-15-35(16-25)21-41(22-35)29(44)8-7-11-45-5/h7-8,14,17,25-26H,6,9-13,15-16,18-22H2,1-5H3,(H,37,38)/b8-7+/t26-,34+/m1/s1. The molecule has 47 heavy (non-hydrogen) atoms. The largest absolute Gasteiger partial charge is 0.381 e. The van der Waals surface area contributed by atoms with E-state index in [0.717, 1.165) is 103 Å². The smallest absolute Gasteiger partial charge is 0.246 e. The predicted molar refractivity (Wildman–Crippen MR) is 183 cm³/mol. The van der Waals surface area contributed by atoms with E-state index >= 15 is 0 Å². The molecule has 1 N–H and O–H groups in total. The average Bonchev–Trinajstić information content (AvgIpc) is 3.61. The van der Waals surface area contributed by atoms with Crippen molar-refractivity contribution in [3.8, 4) is 11.1 Å². The summed E-state index contributed by atoms with van der Waals surface area (Å²) < 4.78 is 19.0. The Hall–Kier alpha value is -2.96. The molecule has 4 fully saturated rings. The second kappa shape index (κ2) is 12.8. The van der Waals surface area contributed by atoms with E-state index in [4.69, 9.17) is 30.9 Å². The molecule has 2 aromatic heterocycles. The lowest BCUT2D eigenvalue weighted by atomic mass is 9.60. The molecule has 2 atom stereocenters. The molecule has 7 rings (SSSR count). The number of aryl methyl sites for hydroxylation is 1. The van der Waals surface area contributed by atoms with Crippen LogP contribution in [0.1, 0.15) is 50.4 Å². The number of methoxy groups -OCH3 is 1. The Labute approximate surface area is 282 Å². The van der Waals surface area contributed by atoms with Crippen molar-refractivity contribution in [2.45, 2.75) is 64.6 Å². The highest BCUT2D eigenvalue weighted by Gasteiger charge is 2.55. The van der Waals surface area contributed by atoms with Crippen LogP contribution in [0.5, 0.6) is 0 Å². The van der Waals surface area contributed by atoms with Gasteiger partial charge >= 0.3 is 0 Å². The van der Waals surface area contributed by atoms with Crippen LogP contribution in [0.4, 0.5) is 5.82 Å². The fourth-order valence-corrected chi connectivity index (χ4v) is 8.58. The molecule has 4 aliphatic rings. The Morgan fingerprint density at radius 1 is 1.19 bits per heavy atom. The Bertz CT molecular complexity index is 1650. The summed E-state index contributed by atoms with van der Waals surface area (Å²) in [5.74, 6) is 1.06. The number of ether oxygens (including phenoxy) is 3. The van der Waals surface area contributed by atoms with Gasteiger partial charge in [0.25, 0.3) is 0 Å². The van der Waals surface area contributed by atoms with Crippen molar-refractivity contribution in [2.24, 2.45) is 5.41 Å². The fraction of sp³-hybridized carbons (Fsp3) is 0.629. The van der Waals surface area contributed by atoms with E-state index in [1.54, 1.807) is 19.3 Å². The molecule has 1 aromatic carbocycles. The lowest BCUT2D eigenvalue weighted by Gasteiger charge is -2.58. The summed E-state index contributed by atoms with van der Waals surface area (Å²) in [7, 11) is 1.63. The monoisotopic (exact) mass is 665 g/mol. The summed E-state index contributed by atoms with van der Waals surface area (Å²) in [6, 6.07) is 2.34. The summed E-state index contributed by atoms with van der Waals surface area (Å²) in [5.41, 5.74) is 5.22. The number of hydrogen-bond acceptors (Lipinski definition) is 8. The van der Waals surface area contributed by atoms with Crippen molar-refractivity contribution in [3.63, 3.8) is 0 Å². The van der Waals surface area contributed by atoms with Gasteiger partial charge in [-0.3, -0.25) is 19.5 Å². The van der Waals surface area contributed by atoms with Gasteiger partial charge in [0.05, 0.1) is 60.8 Å². The lowest BCUT2D eigenvalue weighted by molar-refractivity contribution is -0.149. The van der Waals surface area contributed by atoms with Crippen molar-refractivity contribution in [1.29, 1.82) is 0 Å². The van der Waals surface area contributed by atoms with Crippen molar-refractivity contribution >= 4 is 34.2 Å². The van der Waals surface area contributed by atoms with Gasteiger partial charge in [0.2, 0.25) is 5.91 Å². The number of likely N-dealkylation sites (tertiary alicyclic amines) is 1. The molecule has 3 saturated heterocycles. The van der Waals surface area contributed by atoms with Gasteiger partial charge in [-0.1, -0.05) is 24.6 Å². The summed E-state index contributed by atoms with van der Waals surface area (Å²) >= 11 is 7.21. The van der Waals surface area contributed by atoms with Gasteiger partial charge < -0.3 is 24.0 Å². The molecule has 1 spiro atoms. The molecule has 5 heterocycles. The van der Waals surface area contributed by atoms with Crippen LogP contribution >= 0.6 is 11.6 Å². The lowest BCUT2D eigenvalue weighted by Crippen LogP contribution is -2.63. The van der Waals surface area contributed by atoms with Crippen LogP contribution in [0.15, 0.2) is 24.4 Å². The van der Waals surface area contributed by atoms with E-state index in [9.17, 15) is 4.79 Å². The van der Waals surface area contributed by atoms with Crippen molar-refractivity contribution < 1.29 is 19.0 Å². The van der Waals surface area contributed by atoms with Gasteiger partial charge in [-0.25, -0.2) is 0 Å². The number of aromatic amines is 1. The highest BCUT2D eigenvalue weighted by atomic mass is 35.5. The number of hydrogen-bond donors (Lipinski definition) is 1. The first-order chi connectivity index (χ1) is 22.6. The Morgan fingerprint density at radius 3 is 2.72 bits per heavy atom. The van der Waals surface area contributed by atoms with Crippen LogP contribution in [0, 0.1) is 19.3 Å². The number of carbonyl (C=O) groups is 1. The maximum absolute atomic E-state index is 12.6. The van der Waals surface area contributed by atoms with Crippen LogP contribution in [0.25, 0.3) is 22.0 Å². The molecular formula is C35H48ClN7O4. The minimum Gasteiger partial charge on any atom is -0.381 e. The number of halogens is 1. The third kappa shape index (κ3) is 5.88. The summed E-state index contributed by atoms with van der Waals surface area (Å²) in [6.07, 6.45) is 8.39. The summed E-state index contributed by atoms with van der Waals surface area (Å²) in [4.78, 5) is 19.6. The van der Waals surface area contributed by atoms with E-state index in [2.05, 4.69) is 58.4 Å². The Kier molecular flexibility index (Phi) is 8.88. The molecule has 3 aliphatic heterocycles. The number of nitrogens with one attached hydrogen (secondary N) is 1. The Balaban J connectivity index is 1.20. The number of aromatic nitrogens is 4. The number of nitrogens with zero attached hydrogens (tertiary/aromatic N) is 6.